The van der Waals surface area contributed by atoms with Crippen LogP contribution in [0.1, 0.15) is 29.8 Å². The third-order valence-electron chi connectivity index (χ3n) is 5.75. The molecule has 4 heterocycles. The number of halogens is 6. The molecule has 1 amide bonds. The lowest BCUT2D eigenvalue weighted by Crippen LogP contribution is -2.44. The molecule has 0 aromatic carbocycles. The number of hydrogen-bond donors (Lipinski definition) is 2. The van der Waals surface area contributed by atoms with Gasteiger partial charge in [0.25, 0.3) is 5.91 Å². The number of piperidine rings is 1. The Morgan fingerprint density at radius 3 is 1.68 bits per heavy atom. The van der Waals surface area contributed by atoms with E-state index in [2.05, 4.69) is 19.9 Å². The van der Waals surface area contributed by atoms with Crippen molar-refractivity contribution in [2.75, 3.05) is 31.1 Å². The van der Waals surface area contributed by atoms with Gasteiger partial charge in [-0.05, 0) is 42.9 Å². The first-order valence-corrected chi connectivity index (χ1v) is 11.0. The summed E-state index contributed by atoms with van der Waals surface area (Å²) in [5, 5.41) is 14.2. The van der Waals surface area contributed by atoms with E-state index in [4.69, 9.17) is 19.8 Å². The Bertz CT molecular complexity index is 1050. The molecule has 2 aliphatic rings. The lowest BCUT2D eigenvalue weighted by molar-refractivity contribution is -0.193. The molecule has 208 valence electrons. The van der Waals surface area contributed by atoms with Crippen molar-refractivity contribution in [1.82, 2.24) is 19.9 Å². The van der Waals surface area contributed by atoms with E-state index in [0.717, 1.165) is 51.4 Å². The number of rotatable bonds is 2. The van der Waals surface area contributed by atoms with E-state index in [9.17, 15) is 31.1 Å². The smallest absolute Gasteiger partial charge is 0.475 e. The first-order valence-electron chi connectivity index (χ1n) is 11.0. The van der Waals surface area contributed by atoms with Gasteiger partial charge < -0.3 is 20.0 Å². The van der Waals surface area contributed by atoms with E-state index in [-0.39, 0.29) is 5.91 Å². The fourth-order valence-corrected chi connectivity index (χ4v) is 3.80. The molecule has 2 N–H and O–H groups in total. The Hall–Kier alpha value is -3.98. The van der Waals surface area contributed by atoms with Crippen LogP contribution in [0.3, 0.4) is 0 Å². The number of amides is 1. The highest BCUT2D eigenvalue weighted by molar-refractivity contribution is 5.92. The normalized spacial score (nSPS) is 16.6. The number of pyridine rings is 1. The number of hydrogen-bond acceptors (Lipinski definition) is 7. The fourth-order valence-electron chi connectivity index (χ4n) is 3.80. The largest absolute Gasteiger partial charge is 0.490 e. The number of carboxylic acids is 2. The number of likely N-dealkylation sites (tertiary alicyclic amines) is 1. The zero-order chi connectivity index (χ0) is 28.6. The number of carboxylic acid groups (broad SMARTS) is 2. The molecule has 4 rings (SSSR count). The van der Waals surface area contributed by atoms with Gasteiger partial charge in [-0.3, -0.25) is 9.78 Å². The lowest BCUT2D eigenvalue weighted by atomic mass is 9.77. The minimum atomic E-state index is -5.08. The van der Waals surface area contributed by atoms with Crippen molar-refractivity contribution in [2.45, 2.75) is 31.6 Å². The number of aromatic nitrogens is 3. The Morgan fingerprint density at radius 1 is 0.763 bits per heavy atom. The summed E-state index contributed by atoms with van der Waals surface area (Å²) in [6.07, 6.45) is -1.68. The highest BCUT2D eigenvalue weighted by atomic mass is 19.4. The zero-order valence-electron chi connectivity index (χ0n) is 19.6. The van der Waals surface area contributed by atoms with Gasteiger partial charge in [0.05, 0.1) is 0 Å². The van der Waals surface area contributed by atoms with Crippen LogP contribution in [0.15, 0.2) is 42.9 Å². The van der Waals surface area contributed by atoms with Gasteiger partial charge >= 0.3 is 24.3 Å². The molecule has 0 radical (unpaired) electrons. The van der Waals surface area contributed by atoms with Gasteiger partial charge in [0.15, 0.2) is 0 Å². The van der Waals surface area contributed by atoms with Crippen molar-refractivity contribution in [3.63, 3.8) is 0 Å². The van der Waals surface area contributed by atoms with Gasteiger partial charge in [-0.2, -0.15) is 26.3 Å². The molecule has 38 heavy (non-hydrogen) atoms. The number of nitrogens with zero attached hydrogens (tertiary/aromatic N) is 5. The number of alkyl halides is 6. The van der Waals surface area contributed by atoms with Crippen molar-refractivity contribution in [3.05, 3.63) is 48.5 Å². The predicted octanol–water partition coefficient (Wildman–Crippen LogP) is 3.27. The molecule has 0 bridgehead atoms. The second kappa shape index (κ2) is 12.5. The molecule has 0 aliphatic carbocycles. The number of carbonyl (C=O) groups is 3. The van der Waals surface area contributed by atoms with Crippen LogP contribution in [0.4, 0.5) is 32.3 Å². The van der Waals surface area contributed by atoms with Crippen LogP contribution in [-0.2, 0) is 9.59 Å². The molecular weight excluding hydrogens is 528 g/mol. The number of anilines is 1. The monoisotopic (exact) mass is 551 g/mol. The minimum Gasteiger partial charge on any atom is -0.475 e. The van der Waals surface area contributed by atoms with E-state index >= 15 is 0 Å². The van der Waals surface area contributed by atoms with E-state index in [1.54, 1.807) is 24.7 Å². The highest BCUT2D eigenvalue weighted by Crippen LogP contribution is 2.41. The quantitative estimate of drug-likeness (QED) is 0.539. The Morgan fingerprint density at radius 2 is 1.24 bits per heavy atom. The number of carbonyl (C=O) groups excluding carboxylic acids is 1. The highest BCUT2D eigenvalue weighted by Gasteiger charge is 2.42. The molecule has 2 saturated heterocycles. The first kappa shape index (κ1) is 30.2. The van der Waals surface area contributed by atoms with Crippen LogP contribution < -0.4 is 4.90 Å². The van der Waals surface area contributed by atoms with Crippen LogP contribution in [0.5, 0.6) is 0 Å². The molecule has 2 aliphatic heterocycles. The molecule has 2 aromatic rings. The van der Waals surface area contributed by atoms with Crippen molar-refractivity contribution < 1.29 is 50.9 Å². The molecular formula is C22H23F6N5O5. The average Bonchev–Trinajstić information content (AvgIpc) is 3.28. The van der Waals surface area contributed by atoms with Crippen LogP contribution in [0, 0.1) is 5.41 Å². The molecule has 2 aromatic heterocycles. The molecule has 0 atom stereocenters. The summed E-state index contributed by atoms with van der Waals surface area (Å²) in [4.78, 5) is 47.4. The first-order chi connectivity index (χ1) is 17.6. The van der Waals surface area contributed by atoms with E-state index < -0.39 is 24.3 Å². The van der Waals surface area contributed by atoms with E-state index in [1.807, 2.05) is 23.1 Å². The van der Waals surface area contributed by atoms with Crippen molar-refractivity contribution >= 4 is 23.8 Å². The summed E-state index contributed by atoms with van der Waals surface area (Å²) in [6.45, 7) is 3.60. The molecule has 2 fully saturated rings. The fraction of sp³-hybridized carbons (Fsp3) is 0.455. The Kier molecular flexibility index (Phi) is 9.96. The van der Waals surface area contributed by atoms with Gasteiger partial charge in [-0.1, -0.05) is 6.07 Å². The van der Waals surface area contributed by atoms with Gasteiger partial charge in [-0.15, -0.1) is 0 Å². The maximum Gasteiger partial charge on any atom is 0.490 e. The van der Waals surface area contributed by atoms with Crippen molar-refractivity contribution in [1.29, 1.82) is 0 Å². The number of aliphatic carboxylic acids is 2. The minimum absolute atomic E-state index is 0.0479. The van der Waals surface area contributed by atoms with E-state index in [1.165, 1.54) is 0 Å². The third-order valence-corrected chi connectivity index (χ3v) is 5.75. The van der Waals surface area contributed by atoms with Crippen LogP contribution in [0.2, 0.25) is 0 Å². The van der Waals surface area contributed by atoms with Crippen LogP contribution >= 0.6 is 0 Å². The molecule has 0 unspecified atom stereocenters. The van der Waals surface area contributed by atoms with Gasteiger partial charge in [-0.25, -0.2) is 19.6 Å². The standard InChI is InChI=1S/C18H21N5O.2C2HF3O2/c24-16(15-4-1-2-8-19-15)22-11-5-18(6-12-22)7-13-23(14-18)17-20-9-3-10-21-17;2*3-2(4,5)1(6)7/h1-4,8-10H,5-7,11-14H2;2*(H,6,7). The van der Waals surface area contributed by atoms with Crippen LogP contribution in [0.25, 0.3) is 0 Å². The molecule has 10 nitrogen and oxygen atoms in total. The van der Waals surface area contributed by atoms with Gasteiger partial charge in [0.2, 0.25) is 5.95 Å². The summed E-state index contributed by atoms with van der Waals surface area (Å²) in [6, 6.07) is 7.33. The summed E-state index contributed by atoms with van der Waals surface area (Å²) >= 11 is 0. The Labute approximate surface area is 211 Å². The SMILES string of the molecule is O=C(O)C(F)(F)F.O=C(O)C(F)(F)F.O=C(c1ccccn1)N1CCC2(CC1)CCN(c1ncccn1)C2. The van der Waals surface area contributed by atoms with Crippen molar-refractivity contribution in [2.24, 2.45) is 5.41 Å². The molecule has 1 spiro atoms. The predicted molar refractivity (Wildman–Crippen MR) is 118 cm³/mol. The topological polar surface area (TPSA) is 137 Å². The van der Waals surface area contributed by atoms with Crippen molar-refractivity contribution in [3.8, 4) is 0 Å². The average molecular weight is 551 g/mol. The van der Waals surface area contributed by atoms with E-state index in [0.29, 0.717) is 11.1 Å². The summed E-state index contributed by atoms with van der Waals surface area (Å²) in [5.41, 5.74) is 0.833. The van der Waals surface area contributed by atoms with Crippen LogP contribution in [-0.4, -0.2) is 86.4 Å². The second-order valence-corrected chi connectivity index (χ2v) is 8.33. The summed E-state index contributed by atoms with van der Waals surface area (Å²) in [7, 11) is 0. The van der Waals surface area contributed by atoms with Gasteiger partial charge in [0.1, 0.15) is 5.69 Å². The third kappa shape index (κ3) is 8.85. The Balaban J connectivity index is 0.000000301. The lowest BCUT2D eigenvalue weighted by Gasteiger charge is -2.39. The second-order valence-electron chi connectivity index (χ2n) is 8.33. The summed E-state index contributed by atoms with van der Waals surface area (Å²) in [5.74, 6) is -4.65. The molecule has 0 saturated carbocycles. The summed E-state index contributed by atoms with van der Waals surface area (Å²) < 4.78 is 63.5. The maximum absolute atomic E-state index is 12.5. The maximum atomic E-state index is 12.5. The van der Waals surface area contributed by atoms with Gasteiger partial charge in [0, 0.05) is 44.8 Å². The zero-order valence-corrected chi connectivity index (χ0v) is 19.6. The molecule has 16 heteroatoms.